The fraction of sp³-hybridized carbons (Fsp3) is 0.118. The van der Waals surface area contributed by atoms with E-state index in [9.17, 15) is 20.1 Å². The van der Waals surface area contributed by atoms with Crippen LogP contribution in [0.5, 0.6) is 17.2 Å². The Morgan fingerprint density at radius 3 is 2.36 bits per heavy atom. The first-order valence-electron chi connectivity index (χ1n) is 6.68. The van der Waals surface area contributed by atoms with Crippen molar-refractivity contribution in [2.24, 2.45) is 0 Å². The Morgan fingerprint density at radius 1 is 0.955 bits per heavy atom. The monoisotopic (exact) mass is 298 g/mol. The van der Waals surface area contributed by atoms with Crippen LogP contribution in [0.15, 0.2) is 39.5 Å². The summed E-state index contributed by atoms with van der Waals surface area (Å²) in [5, 5.41) is 29.3. The molecule has 3 rings (SSSR count). The third-order valence-electron chi connectivity index (χ3n) is 3.70. The number of hydrogen-bond donors (Lipinski definition) is 3. The van der Waals surface area contributed by atoms with Crippen LogP contribution in [0, 0.1) is 13.8 Å². The van der Waals surface area contributed by atoms with E-state index < -0.39 is 16.9 Å². The third-order valence-corrected chi connectivity index (χ3v) is 3.70. The second-order valence-electron chi connectivity index (χ2n) is 5.25. The van der Waals surface area contributed by atoms with Gasteiger partial charge < -0.3 is 19.7 Å². The fourth-order valence-corrected chi connectivity index (χ4v) is 2.35. The maximum absolute atomic E-state index is 12.3. The number of aromatic hydroxyl groups is 3. The van der Waals surface area contributed by atoms with Crippen LogP contribution in [0.2, 0.25) is 0 Å². The van der Waals surface area contributed by atoms with Gasteiger partial charge in [0.2, 0.25) is 11.2 Å². The van der Waals surface area contributed by atoms with Crippen LogP contribution in [0.3, 0.4) is 0 Å². The van der Waals surface area contributed by atoms with Gasteiger partial charge in [-0.15, -0.1) is 0 Å². The largest absolute Gasteiger partial charge is 0.508 e. The van der Waals surface area contributed by atoms with Crippen molar-refractivity contribution >= 4 is 11.0 Å². The number of hydrogen-bond acceptors (Lipinski definition) is 5. The Bertz CT molecular complexity index is 953. The minimum atomic E-state index is -0.744. The van der Waals surface area contributed by atoms with Crippen molar-refractivity contribution in [3.05, 3.63) is 51.7 Å². The number of fused-ring (bicyclic) bond motifs is 1. The van der Waals surface area contributed by atoms with Crippen molar-refractivity contribution in [3.63, 3.8) is 0 Å². The Balaban J connectivity index is 2.38. The van der Waals surface area contributed by atoms with E-state index in [1.165, 1.54) is 6.07 Å². The van der Waals surface area contributed by atoms with E-state index >= 15 is 0 Å². The van der Waals surface area contributed by atoms with E-state index in [0.717, 1.165) is 17.2 Å². The molecule has 0 bridgehead atoms. The zero-order valence-electron chi connectivity index (χ0n) is 12.0. The summed E-state index contributed by atoms with van der Waals surface area (Å²) in [6.07, 6.45) is 0. The van der Waals surface area contributed by atoms with Gasteiger partial charge in [-0.05, 0) is 31.0 Å². The van der Waals surface area contributed by atoms with Crippen LogP contribution in [-0.2, 0) is 0 Å². The highest BCUT2D eigenvalue weighted by atomic mass is 16.4. The van der Waals surface area contributed by atoms with Gasteiger partial charge >= 0.3 is 0 Å². The Kier molecular flexibility index (Phi) is 3.06. The lowest BCUT2D eigenvalue weighted by molar-refractivity contribution is 0.438. The molecule has 3 N–H and O–H groups in total. The lowest BCUT2D eigenvalue weighted by atomic mass is 10.0. The van der Waals surface area contributed by atoms with Gasteiger partial charge in [-0.3, -0.25) is 4.79 Å². The lowest BCUT2D eigenvalue weighted by Crippen LogP contribution is -2.03. The van der Waals surface area contributed by atoms with E-state index in [0.29, 0.717) is 5.56 Å². The predicted molar refractivity (Wildman–Crippen MR) is 82.4 cm³/mol. The molecule has 0 aliphatic heterocycles. The van der Waals surface area contributed by atoms with Crippen LogP contribution in [0.4, 0.5) is 0 Å². The van der Waals surface area contributed by atoms with Gasteiger partial charge in [0.05, 0.1) is 0 Å². The Labute approximate surface area is 125 Å². The summed E-state index contributed by atoms with van der Waals surface area (Å²) < 4.78 is 5.55. The van der Waals surface area contributed by atoms with Crippen molar-refractivity contribution in [2.45, 2.75) is 13.8 Å². The summed E-state index contributed by atoms with van der Waals surface area (Å²) in [6, 6.07) is 7.62. The molecule has 0 atom stereocenters. The van der Waals surface area contributed by atoms with Crippen molar-refractivity contribution in [2.75, 3.05) is 0 Å². The molecule has 112 valence electrons. The number of phenols is 2. The summed E-state index contributed by atoms with van der Waals surface area (Å²) in [5.74, 6) is -1.24. The van der Waals surface area contributed by atoms with E-state index in [4.69, 9.17) is 4.42 Å². The van der Waals surface area contributed by atoms with Crippen LogP contribution in [0.1, 0.15) is 11.1 Å². The van der Waals surface area contributed by atoms with Gasteiger partial charge in [0, 0.05) is 17.7 Å². The summed E-state index contributed by atoms with van der Waals surface area (Å²) in [6.45, 7) is 3.86. The minimum Gasteiger partial charge on any atom is -0.508 e. The Morgan fingerprint density at radius 2 is 1.68 bits per heavy atom. The molecule has 0 amide bonds. The van der Waals surface area contributed by atoms with Crippen molar-refractivity contribution in [1.29, 1.82) is 0 Å². The van der Waals surface area contributed by atoms with Crippen LogP contribution in [0.25, 0.3) is 22.3 Å². The molecule has 5 heteroatoms. The quantitative estimate of drug-likeness (QED) is 0.642. The maximum atomic E-state index is 12.3. The minimum absolute atomic E-state index is 0.00519. The molecule has 0 unspecified atom stereocenters. The van der Waals surface area contributed by atoms with Gasteiger partial charge in [-0.2, -0.15) is 0 Å². The van der Waals surface area contributed by atoms with Gasteiger partial charge in [-0.25, -0.2) is 0 Å². The summed E-state index contributed by atoms with van der Waals surface area (Å²) >= 11 is 0. The van der Waals surface area contributed by atoms with Crippen LogP contribution in [-0.4, -0.2) is 15.3 Å². The van der Waals surface area contributed by atoms with Gasteiger partial charge in [0.1, 0.15) is 22.5 Å². The molecule has 2 aromatic carbocycles. The zero-order chi connectivity index (χ0) is 16.0. The van der Waals surface area contributed by atoms with Crippen molar-refractivity contribution in [3.8, 4) is 28.6 Å². The smallest absolute Gasteiger partial charge is 0.238 e. The van der Waals surface area contributed by atoms with Gasteiger partial charge in [0.15, 0.2) is 5.76 Å². The first-order valence-corrected chi connectivity index (χ1v) is 6.68. The van der Waals surface area contributed by atoms with Crippen LogP contribution >= 0.6 is 0 Å². The molecule has 22 heavy (non-hydrogen) atoms. The van der Waals surface area contributed by atoms with E-state index in [1.807, 2.05) is 19.9 Å². The molecule has 0 aliphatic carbocycles. The predicted octanol–water partition coefficient (Wildman–Crippen LogP) is 3.19. The lowest BCUT2D eigenvalue weighted by Gasteiger charge is -2.09. The van der Waals surface area contributed by atoms with Crippen LogP contribution < -0.4 is 5.43 Å². The van der Waals surface area contributed by atoms with Gasteiger partial charge in [-0.1, -0.05) is 12.1 Å². The highest BCUT2D eigenvalue weighted by Gasteiger charge is 2.18. The first kappa shape index (κ1) is 14.0. The maximum Gasteiger partial charge on any atom is 0.238 e. The summed E-state index contributed by atoms with van der Waals surface area (Å²) in [4.78, 5) is 12.3. The summed E-state index contributed by atoms with van der Waals surface area (Å²) in [5.41, 5.74) is 1.86. The van der Waals surface area contributed by atoms with E-state index in [1.54, 1.807) is 12.1 Å². The molecule has 5 nitrogen and oxygen atoms in total. The number of benzene rings is 2. The molecule has 0 radical (unpaired) electrons. The molecule has 0 saturated carbocycles. The fourth-order valence-electron chi connectivity index (χ4n) is 2.35. The number of phenolic OH excluding ortho intramolecular Hbond substituents is 2. The van der Waals surface area contributed by atoms with Crippen molar-refractivity contribution in [1.82, 2.24) is 0 Å². The molecule has 1 heterocycles. The zero-order valence-corrected chi connectivity index (χ0v) is 12.0. The third kappa shape index (κ3) is 2.07. The molecule has 0 saturated heterocycles. The van der Waals surface area contributed by atoms with E-state index in [-0.39, 0.29) is 22.5 Å². The molecule has 1 aromatic heterocycles. The molecular weight excluding hydrogens is 284 g/mol. The molecule has 3 aromatic rings. The summed E-state index contributed by atoms with van der Waals surface area (Å²) in [7, 11) is 0. The normalized spacial score (nSPS) is 11.0. The van der Waals surface area contributed by atoms with Crippen molar-refractivity contribution < 1.29 is 19.7 Å². The van der Waals surface area contributed by atoms with Gasteiger partial charge in [0.25, 0.3) is 0 Å². The second-order valence-corrected chi connectivity index (χ2v) is 5.25. The van der Waals surface area contributed by atoms with E-state index in [2.05, 4.69) is 0 Å². The molecule has 0 fully saturated rings. The standard InChI is InChI=1S/C17H14O5/c1-8-3-4-10(5-9(8)2)17-16(21)15(20)14-12(19)6-11(18)7-13(14)22-17/h3-7,18-19,21H,1-2H3. The first-order chi connectivity index (χ1) is 10.4. The second kappa shape index (κ2) is 4.80. The molecule has 0 spiro atoms. The molecule has 0 aliphatic rings. The number of rotatable bonds is 1. The Hall–Kier alpha value is -2.95. The molecular formula is C17H14O5. The number of aryl methyl sites for hydroxylation is 2. The average Bonchev–Trinajstić information content (AvgIpc) is 2.45. The average molecular weight is 298 g/mol. The highest BCUT2D eigenvalue weighted by Crippen LogP contribution is 2.35. The topological polar surface area (TPSA) is 90.9 Å². The highest BCUT2D eigenvalue weighted by molar-refractivity contribution is 5.88. The SMILES string of the molecule is Cc1ccc(-c2oc3cc(O)cc(O)c3c(=O)c2O)cc1C.